The first-order valence-corrected chi connectivity index (χ1v) is 4.15. The van der Waals surface area contributed by atoms with Gasteiger partial charge in [0.05, 0.1) is 10.6 Å². The van der Waals surface area contributed by atoms with Gasteiger partial charge in [-0.2, -0.15) is 5.06 Å². The van der Waals surface area contributed by atoms with E-state index in [-0.39, 0.29) is 0 Å². The fourth-order valence-corrected chi connectivity index (χ4v) is 1.66. The summed E-state index contributed by atoms with van der Waals surface area (Å²) in [5.74, 6) is 0. The molecule has 0 unspecified atom stereocenters. The number of hydroxylamine groups is 1. The molecule has 1 aromatic carbocycles. The lowest BCUT2D eigenvalue weighted by Gasteiger charge is -2.22. The minimum atomic E-state index is -0.515. The maximum atomic E-state index is 10.9. The molecule has 62 valence electrons. The predicted octanol–water partition coefficient (Wildman–Crippen LogP) is 1.61. The second kappa shape index (κ2) is 2.69. The number of hydrogen-bond acceptors (Lipinski definition) is 3. The zero-order chi connectivity index (χ0) is 8.55. The van der Waals surface area contributed by atoms with Gasteiger partial charge in [0.2, 0.25) is 0 Å². The van der Waals surface area contributed by atoms with E-state index in [0.29, 0.717) is 10.8 Å². The third-order valence-electron chi connectivity index (χ3n) is 1.53. The van der Waals surface area contributed by atoms with E-state index in [2.05, 4.69) is 4.72 Å². The summed E-state index contributed by atoms with van der Waals surface area (Å²) in [7, 11) is 0. The third-order valence-corrected chi connectivity index (χ3v) is 2.38. The molecule has 5 heteroatoms. The minimum absolute atomic E-state index is 0.515. The Kier molecular flexibility index (Phi) is 1.67. The number of carbonyl (C=O) groups excluding carboxylic acids is 1. The molecule has 0 radical (unpaired) electrons. The molecule has 2 N–H and O–H groups in total. The Morgan fingerprint density at radius 3 is 3.00 bits per heavy atom. The summed E-state index contributed by atoms with van der Waals surface area (Å²) in [5.41, 5.74) is 0.520. The van der Waals surface area contributed by atoms with Crippen LogP contribution in [-0.2, 0) is 0 Å². The highest BCUT2D eigenvalue weighted by atomic mass is 32.2. The van der Waals surface area contributed by atoms with Gasteiger partial charge < -0.3 is 0 Å². The van der Waals surface area contributed by atoms with Gasteiger partial charge in [-0.05, 0) is 24.1 Å². The summed E-state index contributed by atoms with van der Waals surface area (Å²) >= 11 is 1.20. The average Bonchev–Trinajstić information content (AvgIpc) is 2.12. The van der Waals surface area contributed by atoms with Gasteiger partial charge in [0, 0.05) is 0 Å². The largest absolute Gasteiger partial charge is 0.356 e. The van der Waals surface area contributed by atoms with Gasteiger partial charge in [-0.15, -0.1) is 0 Å². The molecule has 1 heterocycles. The number of anilines is 1. The van der Waals surface area contributed by atoms with Gasteiger partial charge in [0.1, 0.15) is 0 Å². The van der Waals surface area contributed by atoms with E-state index in [9.17, 15) is 10.0 Å². The molecule has 2 rings (SSSR count). The molecule has 0 aromatic heterocycles. The molecule has 0 bridgehead atoms. The van der Waals surface area contributed by atoms with E-state index >= 15 is 0 Å². The lowest BCUT2D eigenvalue weighted by Crippen LogP contribution is -2.37. The van der Waals surface area contributed by atoms with Crippen LogP contribution in [0.15, 0.2) is 29.2 Å². The number of rotatable bonds is 0. The number of nitrogens with one attached hydrogen (secondary N) is 1. The molecular weight excluding hydrogens is 176 g/mol. The molecule has 0 fully saturated rings. The standard InChI is InChI=1S/C7H6N2O2S/c10-7-8-12-6-4-2-1-3-5(6)9(7)11/h1-4,11H,(H,8,10). The Morgan fingerprint density at radius 1 is 1.42 bits per heavy atom. The van der Waals surface area contributed by atoms with Gasteiger partial charge >= 0.3 is 6.03 Å². The van der Waals surface area contributed by atoms with Crippen LogP contribution in [0.4, 0.5) is 10.5 Å². The summed E-state index contributed by atoms with van der Waals surface area (Å²) in [6, 6.07) is 6.60. The number of carbonyl (C=O) groups is 1. The highest BCUT2D eigenvalue weighted by Crippen LogP contribution is 2.30. The van der Waals surface area contributed by atoms with Crippen LogP contribution in [0.2, 0.25) is 0 Å². The van der Waals surface area contributed by atoms with Crippen LogP contribution in [0.3, 0.4) is 0 Å². The van der Waals surface area contributed by atoms with E-state index in [1.807, 2.05) is 12.1 Å². The van der Waals surface area contributed by atoms with Crippen LogP contribution in [-0.4, -0.2) is 11.2 Å². The normalized spacial score (nSPS) is 15.4. The van der Waals surface area contributed by atoms with Crippen LogP contribution in [0.25, 0.3) is 0 Å². The first-order chi connectivity index (χ1) is 5.79. The zero-order valence-corrected chi connectivity index (χ0v) is 6.84. The Labute approximate surface area is 73.3 Å². The predicted molar refractivity (Wildman–Crippen MR) is 45.1 cm³/mol. The molecular formula is C7H6N2O2S. The Hall–Kier alpha value is -1.20. The SMILES string of the molecule is O=C1NSc2ccccc2N1O. The van der Waals surface area contributed by atoms with E-state index in [4.69, 9.17) is 0 Å². The van der Waals surface area contributed by atoms with Crippen LogP contribution < -0.4 is 9.79 Å². The molecule has 0 aliphatic carbocycles. The van der Waals surface area contributed by atoms with Crippen molar-refractivity contribution < 1.29 is 10.0 Å². The number of hydrogen-bond donors (Lipinski definition) is 2. The van der Waals surface area contributed by atoms with Gasteiger partial charge in [0.25, 0.3) is 0 Å². The molecule has 0 atom stereocenters. The Morgan fingerprint density at radius 2 is 2.17 bits per heavy atom. The summed E-state index contributed by atoms with van der Waals surface area (Å²) < 4.78 is 2.44. The summed E-state index contributed by atoms with van der Waals surface area (Å²) in [5, 5.41) is 9.84. The third kappa shape index (κ3) is 1.03. The van der Waals surface area contributed by atoms with Gasteiger partial charge in [0.15, 0.2) is 0 Å². The highest BCUT2D eigenvalue weighted by molar-refractivity contribution is 7.98. The number of benzene rings is 1. The summed E-state index contributed by atoms with van der Waals surface area (Å²) in [4.78, 5) is 11.7. The van der Waals surface area contributed by atoms with Crippen molar-refractivity contribution >= 4 is 23.7 Å². The molecule has 1 aromatic rings. The van der Waals surface area contributed by atoms with Gasteiger partial charge in [-0.1, -0.05) is 12.1 Å². The molecule has 1 aliphatic heterocycles. The van der Waals surface area contributed by atoms with Crippen molar-refractivity contribution in [3.8, 4) is 0 Å². The maximum absolute atomic E-state index is 10.9. The molecule has 0 saturated heterocycles. The monoisotopic (exact) mass is 182 g/mol. The minimum Gasteiger partial charge on any atom is -0.279 e. The number of urea groups is 1. The number of nitrogens with zero attached hydrogens (tertiary/aromatic N) is 1. The number of para-hydroxylation sites is 1. The second-order valence-electron chi connectivity index (χ2n) is 2.29. The average molecular weight is 182 g/mol. The summed E-state index contributed by atoms with van der Waals surface area (Å²) in [6.45, 7) is 0. The van der Waals surface area contributed by atoms with Crippen molar-refractivity contribution in [3.63, 3.8) is 0 Å². The van der Waals surface area contributed by atoms with Crippen molar-refractivity contribution in [1.29, 1.82) is 0 Å². The highest BCUT2D eigenvalue weighted by Gasteiger charge is 2.21. The lowest BCUT2D eigenvalue weighted by atomic mass is 10.3. The van der Waals surface area contributed by atoms with Gasteiger partial charge in [-0.3, -0.25) is 9.93 Å². The molecule has 0 saturated carbocycles. The fourth-order valence-electron chi connectivity index (χ4n) is 0.970. The van der Waals surface area contributed by atoms with E-state index in [0.717, 1.165) is 4.90 Å². The lowest BCUT2D eigenvalue weighted by molar-refractivity contribution is 0.208. The summed E-state index contributed by atoms with van der Waals surface area (Å²) in [6.07, 6.45) is 0. The smallest absolute Gasteiger partial charge is 0.279 e. The van der Waals surface area contributed by atoms with Crippen LogP contribution >= 0.6 is 11.9 Å². The van der Waals surface area contributed by atoms with Crippen molar-refractivity contribution in [1.82, 2.24) is 4.72 Å². The number of amides is 2. The van der Waals surface area contributed by atoms with Crippen molar-refractivity contribution in [2.24, 2.45) is 0 Å². The van der Waals surface area contributed by atoms with Crippen molar-refractivity contribution in [2.75, 3.05) is 5.06 Å². The van der Waals surface area contributed by atoms with Crippen LogP contribution in [0.1, 0.15) is 0 Å². The van der Waals surface area contributed by atoms with E-state index in [1.54, 1.807) is 12.1 Å². The Balaban J connectivity index is 2.48. The molecule has 0 spiro atoms. The Bertz CT molecular complexity index is 329. The fraction of sp³-hybridized carbons (Fsp3) is 0. The maximum Gasteiger partial charge on any atom is 0.356 e. The zero-order valence-electron chi connectivity index (χ0n) is 6.02. The quantitative estimate of drug-likeness (QED) is 0.473. The second-order valence-corrected chi connectivity index (χ2v) is 3.14. The first kappa shape index (κ1) is 7.45. The van der Waals surface area contributed by atoms with E-state index < -0.39 is 6.03 Å². The van der Waals surface area contributed by atoms with Gasteiger partial charge in [-0.25, -0.2) is 4.79 Å². The van der Waals surface area contributed by atoms with Crippen molar-refractivity contribution in [3.05, 3.63) is 24.3 Å². The molecule has 4 nitrogen and oxygen atoms in total. The topological polar surface area (TPSA) is 52.6 Å². The van der Waals surface area contributed by atoms with Crippen LogP contribution in [0, 0.1) is 0 Å². The number of fused-ring (bicyclic) bond motifs is 1. The van der Waals surface area contributed by atoms with E-state index in [1.165, 1.54) is 11.9 Å². The molecule has 2 amide bonds. The molecule has 12 heavy (non-hydrogen) atoms. The first-order valence-electron chi connectivity index (χ1n) is 3.34. The molecule has 1 aliphatic rings. The van der Waals surface area contributed by atoms with Crippen molar-refractivity contribution in [2.45, 2.75) is 4.90 Å². The van der Waals surface area contributed by atoms with Crippen LogP contribution in [0.5, 0.6) is 0 Å².